The molecule has 104 valence electrons. The molecular weight excluding hydrogens is 272 g/mol. The van der Waals surface area contributed by atoms with Crippen molar-refractivity contribution in [3.63, 3.8) is 0 Å². The van der Waals surface area contributed by atoms with Gasteiger partial charge in [0.25, 0.3) is 5.91 Å². The molecular formula is C14H16N4OS. The predicted octanol–water partition coefficient (Wildman–Crippen LogP) is 1.89. The highest BCUT2D eigenvalue weighted by Crippen LogP contribution is 2.17. The first kappa shape index (κ1) is 13.2. The van der Waals surface area contributed by atoms with Gasteiger partial charge in [-0.2, -0.15) is 11.8 Å². The highest BCUT2D eigenvalue weighted by atomic mass is 32.2. The van der Waals surface area contributed by atoms with Crippen LogP contribution in [0.1, 0.15) is 23.2 Å². The second-order valence-electron chi connectivity index (χ2n) is 4.73. The average Bonchev–Trinajstić information content (AvgIpc) is 3.03. The molecule has 3 heterocycles. The molecule has 0 radical (unpaired) electrons. The van der Waals surface area contributed by atoms with Crippen LogP contribution in [0.4, 0.5) is 0 Å². The number of hydrogen-bond acceptors (Lipinski definition) is 4. The number of carbonyl (C=O) groups is 1. The summed E-state index contributed by atoms with van der Waals surface area (Å²) >= 11 is 1.95. The van der Waals surface area contributed by atoms with E-state index in [1.54, 1.807) is 35.4 Å². The molecule has 1 amide bonds. The molecule has 6 heteroatoms. The lowest BCUT2D eigenvalue weighted by atomic mass is 10.1. The monoisotopic (exact) mass is 288 g/mol. The van der Waals surface area contributed by atoms with Gasteiger partial charge in [-0.1, -0.05) is 0 Å². The van der Waals surface area contributed by atoms with Crippen LogP contribution in [0, 0.1) is 0 Å². The molecule has 0 unspecified atom stereocenters. The molecule has 0 aliphatic carbocycles. The summed E-state index contributed by atoms with van der Waals surface area (Å²) in [5.41, 5.74) is 0.641. The Kier molecular flexibility index (Phi) is 4.01. The fourth-order valence-electron chi connectivity index (χ4n) is 2.21. The molecule has 0 spiro atoms. The van der Waals surface area contributed by atoms with Crippen molar-refractivity contribution >= 4 is 17.7 Å². The lowest BCUT2D eigenvalue weighted by molar-refractivity contribution is 0.0934. The Morgan fingerprint density at radius 2 is 2.20 bits per heavy atom. The maximum absolute atomic E-state index is 12.3. The summed E-state index contributed by atoms with van der Waals surface area (Å²) < 4.78 is 1.79. The molecule has 0 bridgehead atoms. The standard InChI is InChI=1S/C14H16N4OS/c19-14(17-12-2-7-20-8-3-12)11-1-4-16-13(9-11)18-6-5-15-10-18/h1,4-6,9-10,12H,2-3,7-8H2,(H,17,19). The second kappa shape index (κ2) is 6.09. The van der Waals surface area contributed by atoms with E-state index in [0.717, 1.165) is 24.3 Å². The van der Waals surface area contributed by atoms with Crippen LogP contribution in [0.5, 0.6) is 0 Å². The molecule has 1 saturated heterocycles. The summed E-state index contributed by atoms with van der Waals surface area (Å²) in [6.45, 7) is 0. The maximum Gasteiger partial charge on any atom is 0.251 e. The molecule has 1 N–H and O–H groups in total. The third-order valence-corrected chi connectivity index (χ3v) is 4.38. The quantitative estimate of drug-likeness (QED) is 0.937. The van der Waals surface area contributed by atoms with E-state index in [-0.39, 0.29) is 5.91 Å². The first-order chi connectivity index (χ1) is 9.83. The van der Waals surface area contributed by atoms with Gasteiger partial charge in [-0.05, 0) is 36.5 Å². The fourth-order valence-corrected chi connectivity index (χ4v) is 3.31. The van der Waals surface area contributed by atoms with Gasteiger partial charge in [0.05, 0.1) is 0 Å². The second-order valence-corrected chi connectivity index (χ2v) is 5.96. The number of pyridine rings is 1. The largest absolute Gasteiger partial charge is 0.349 e. The van der Waals surface area contributed by atoms with Crippen molar-refractivity contribution < 1.29 is 4.79 Å². The predicted molar refractivity (Wildman–Crippen MR) is 79.2 cm³/mol. The van der Waals surface area contributed by atoms with Crippen LogP contribution < -0.4 is 5.32 Å². The minimum atomic E-state index is -0.0225. The van der Waals surface area contributed by atoms with Crippen LogP contribution >= 0.6 is 11.8 Å². The lowest BCUT2D eigenvalue weighted by Crippen LogP contribution is -2.37. The number of rotatable bonds is 3. The smallest absolute Gasteiger partial charge is 0.251 e. The Morgan fingerprint density at radius 3 is 2.95 bits per heavy atom. The highest BCUT2D eigenvalue weighted by Gasteiger charge is 2.17. The minimum absolute atomic E-state index is 0.0225. The van der Waals surface area contributed by atoms with Gasteiger partial charge in [0, 0.05) is 30.2 Å². The summed E-state index contributed by atoms with van der Waals surface area (Å²) in [5.74, 6) is 2.93. The van der Waals surface area contributed by atoms with Crippen molar-refractivity contribution in [1.82, 2.24) is 19.9 Å². The molecule has 1 aliphatic rings. The zero-order valence-corrected chi connectivity index (χ0v) is 11.8. The maximum atomic E-state index is 12.3. The third kappa shape index (κ3) is 3.01. The van der Waals surface area contributed by atoms with Crippen molar-refractivity contribution in [3.8, 4) is 5.82 Å². The van der Waals surface area contributed by atoms with Crippen LogP contribution in [0.25, 0.3) is 5.82 Å². The Balaban J connectivity index is 1.73. The summed E-state index contributed by atoms with van der Waals surface area (Å²) in [5, 5.41) is 3.10. The molecule has 1 aliphatic heterocycles. The molecule has 2 aromatic heterocycles. The molecule has 3 rings (SSSR count). The van der Waals surface area contributed by atoms with E-state index in [1.807, 2.05) is 18.0 Å². The van der Waals surface area contributed by atoms with Crippen LogP contribution in [-0.2, 0) is 0 Å². The Hall–Kier alpha value is -1.82. The zero-order chi connectivity index (χ0) is 13.8. The number of aromatic nitrogens is 3. The third-order valence-electron chi connectivity index (χ3n) is 3.33. The van der Waals surface area contributed by atoms with Gasteiger partial charge >= 0.3 is 0 Å². The van der Waals surface area contributed by atoms with Crippen LogP contribution in [0.15, 0.2) is 37.1 Å². The molecule has 2 aromatic rings. The number of amides is 1. The lowest BCUT2D eigenvalue weighted by Gasteiger charge is -2.22. The molecule has 20 heavy (non-hydrogen) atoms. The van der Waals surface area contributed by atoms with Crippen molar-refractivity contribution in [2.75, 3.05) is 11.5 Å². The van der Waals surface area contributed by atoms with E-state index in [1.165, 1.54) is 0 Å². The van der Waals surface area contributed by atoms with Gasteiger partial charge in [-0.3, -0.25) is 9.36 Å². The van der Waals surface area contributed by atoms with E-state index in [4.69, 9.17) is 0 Å². The van der Waals surface area contributed by atoms with Gasteiger partial charge in [0.1, 0.15) is 12.1 Å². The van der Waals surface area contributed by atoms with Crippen molar-refractivity contribution in [2.24, 2.45) is 0 Å². The van der Waals surface area contributed by atoms with Gasteiger partial charge in [0.15, 0.2) is 0 Å². The molecule has 0 saturated carbocycles. The highest BCUT2D eigenvalue weighted by molar-refractivity contribution is 7.99. The topological polar surface area (TPSA) is 59.8 Å². The van der Waals surface area contributed by atoms with Gasteiger partial charge < -0.3 is 5.32 Å². The number of nitrogens with zero attached hydrogens (tertiary/aromatic N) is 3. The minimum Gasteiger partial charge on any atom is -0.349 e. The number of thioether (sulfide) groups is 1. The fraction of sp³-hybridized carbons (Fsp3) is 0.357. The van der Waals surface area contributed by atoms with Crippen LogP contribution in [0.3, 0.4) is 0 Å². The van der Waals surface area contributed by atoms with Crippen molar-refractivity contribution in [1.29, 1.82) is 0 Å². The SMILES string of the molecule is O=C(NC1CCSCC1)c1ccnc(-n2ccnc2)c1. The van der Waals surface area contributed by atoms with E-state index in [0.29, 0.717) is 17.4 Å². The number of hydrogen-bond donors (Lipinski definition) is 1. The van der Waals surface area contributed by atoms with Crippen LogP contribution in [0.2, 0.25) is 0 Å². The molecule has 0 atom stereocenters. The van der Waals surface area contributed by atoms with E-state index in [2.05, 4.69) is 15.3 Å². The van der Waals surface area contributed by atoms with E-state index in [9.17, 15) is 4.79 Å². The number of carbonyl (C=O) groups excluding carboxylic acids is 1. The van der Waals surface area contributed by atoms with Crippen LogP contribution in [-0.4, -0.2) is 38.0 Å². The first-order valence-corrected chi connectivity index (χ1v) is 7.81. The van der Waals surface area contributed by atoms with Gasteiger partial charge in [0.2, 0.25) is 0 Å². The number of nitrogens with one attached hydrogen (secondary N) is 1. The Labute approximate surface area is 121 Å². The van der Waals surface area contributed by atoms with Gasteiger partial charge in [-0.15, -0.1) is 0 Å². The normalized spacial score (nSPS) is 16.0. The Morgan fingerprint density at radius 1 is 1.35 bits per heavy atom. The molecule has 5 nitrogen and oxygen atoms in total. The summed E-state index contributed by atoms with van der Waals surface area (Å²) in [4.78, 5) is 20.5. The molecule has 1 fully saturated rings. The number of imidazole rings is 1. The Bertz CT molecular complexity index is 579. The average molecular weight is 288 g/mol. The molecule has 0 aromatic carbocycles. The summed E-state index contributed by atoms with van der Waals surface area (Å²) in [7, 11) is 0. The van der Waals surface area contributed by atoms with E-state index < -0.39 is 0 Å². The van der Waals surface area contributed by atoms with Gasteiger partial charge in [-0.25, -0.2) is 9.97 Å². The van der Waals surface area contributed by atoms with Crippen molar-refractivity contribution in [3.05, 3.63) is 42.6 Å². The first-order valence-electron chi connectivity index (χ1n) is 6.66. The zero-order valence-electron chi connectivity index (χ0n) is 11.0. The van der Waals surface area contributed by atoms with Crippen molar-refractivity contribution in [2.45, 2.75) is 18.9 Å². The summed E-state index contributed by atoms with van der Waals surface area (Å²) in [6.07, 6.45) is 8.92. The summed E-state index contributed by atoms with van der Waals surface area (Å²) in [6, 6.07) is 3.83. The van der Waals surface area contributed by atoms with E-state index >= 15 is 0 Å².